The monoisotopic (exact) mass is 214 g/mol. The van der Waals surface area contributed by atoms with Crippen LogP contribution in [0.1, 0.15) is 40.5 Å². The molecule has 3 nitrogen and oxygen atoms in total. The maximum absolute atomic E-state index is 11.2. The van der Waals surface area contributed by atoms with Gasteiger partial charge in [-0.2, -0.15) is 0 Å². The summed E-state index contributed by atoms with van der Waals surface area (Å²) in [6.07, 6.45) is 3.27. The molecule has 0 aromatic rings. The van der Waals surface area contributed by atoms with Crippen LogP contribution in [0, 0.1) is 5.92 Å². The molecule has 0 radical (unpaired) electrons. The lowest BCUT2D eigenvalue weighted by molar-refractivity contribution is -0.138. The molecule has 0 amide bonds. The molecule has 0 aliphatic rings. The molecule has 0 spiro atoms. The molecule has 0 heterocycles. The first-order valence-corrected chi connectivity index (χ1v) is 5.51. The molecule has 0 aliphatic heterocycles. The van der Waals surface area contributed by atoms with Crippen LogP contribution in [0.2, 0.25) is 0 Å². The Bertz CT molecular complexity index is 219. The Morgan fingerprint density at radius 2 is 2.07 bits per heavy atom. The molecule has 0 unspecified atom stereocenters. The Morgan fingerprint density at radius 3 is 2.53 bits per heavy atom. The average Bonchev–Trinajstić information content (AvgIpc) is 2.17. The number of aliphatic hydroxyl groups is 1. The van der Waals surface area contributed by atoms with E-state index in [1.807, 2.05) is 13.0 Å². The van der Waals surface area contributed by atoms with Crippen molar-refractivity contribution in [3.63, 3.8) is 0 Å². The normalized spacial score (nSPS) is 15.9. The van der Waals surface area contributed by atoms with Crippen LogP contribution in [0.5, 0.6) is 0 Å². The predicted molar refractivity (Wildman–Crippen MR) is 60.5 cm³/mol. The highest BCUT2D eigenvalue weighted by Gasteiger charge is 2.08. The first-order valence-electron chi connectivity index (χ1n) is 5.51. The lowest BCUT2D eigenvalue weighted by atomic mass is 9.99. The summed E-state index contributed by atoms with van der Waals surface area (Å²) in [5.41, 5.74) is 0.648. The van der Waals surface area contributed by atoms with E-state index in [-0.39, 0.29) is 18.0 Å². The number of allylic oxidation sites excluding steroid dienone is 1. The van der Waals surface area contributed by atoms with E-state index >= 15 is 0 Å². The Labute approximate surface area is 92.1 Å². The van der Waals surface area contributed by atoms with Crippen LogP contribution in [-0.4, -0.2) is 23.8 Å². The molecule has 0 fully saturated rings. The molecule has 15 heavy (non-hydrogen) atoms. The van der Waals surface area contributed by atoms with Crippen molar-refractivity contribution in [2.24, 2.45) is 5.92 Å². The molecule has 1 N–H and O–H groups in total. The van der Waals surface area contributed by atoms with Gasteiger partial charge in [0.25, 0.3) is 0 Å². The Balaban J connectivity index is 3.90. The molecule has 0 aliphatic carbocycles. The zero-order chi connectivity index (χ0) is 11.8. The van der Waals surface area contributed by atoms with Crippen molar-refractivity contribution >= 4 is 5.97 Å². The predicted octanol–water partition coefficient (Wildman–Crippen LogP) is 2.29. The second-order valence-corrected chi connectivity index (χ2v) is 3.90. The van der Waals surface area contributed by atoms with Crippen LogP contribution in [0.4, 0.5) is 0 Å². The quantitative estimate of drug-likeness (QED) is 0.545. The number of carbonyl (C=O) groups excluding carboxylic acids is 1. The smallest absolute Gasteiger partial charge is 0.333 e. The topological polar surface area (TPSA) is 46.5 Å². The molecule has 0 bridgehead atoms. The van der Waals surface area contributed by atoms with Gasteiger partial charge in [-0.3, -0.25) is 0 Å². The van der Waals surface area contributed by atoms with Crippen molar-refractivity contribution in [3.8, 4) is 0 Å². The molecular formula is C12H22O3. The molecule has 0 saturated carbocycles. The van der Waals surface area contributed by atoms with Crippen LogP contribution in [-0.2, 0) is 9.53 Å². The molecule has 3 heteroatoms. The van der Waals surface area contributed by atoms with Crippen molar-refractivity contribution in [1.82, 2.24) is 0 Å². The van der Waals surface area contributed by atoms with Crippen molar-refractivity contribution in [1.29, 1.82) is 0 Å². The average molecular weight is 214 g/mol. The fourth-order valence-electron chi connectivity index (χ4n) is 1.13. The van der Waals surface area contributed by atoms with E-state index in [1.54, 1.807) is 20.8 Å². The van der Waals surface area contributed by atoms with Gasteiger partial charge in [-0.1, -0.05) is 13.0 Å². The van der Waals surface area contributed by atoms with Crippen molar-refractivity contribution < 1.29 is 14.6 Å². The third kappa shape index (κ3) is 6.28. The minimum absolute atomic E-state index is 0.248. The summed E-state index contributed by atoms with van der Waals surface area (Å²) in [7, 11) is 0. The minimum Gasteiger partial charge on any atom is -0.463 e. The number of hydrogen-bond donors (Lipinski definition) is 1. The lowest BCUT2D eigenvalue weighted by Gasteiger charge is -2.12. The molecule has 0 rings (SSSR count). The second kappa shape index (κ2) is 7.46. The van der Waals surface area contributed by atoms with E-state index in [2.05, 4.69) is 0 Å². The van der Waals surface area contributed by atoms with Gasteiger partial charge in [0.05, 0.1) is 12.7 Å². The van der Waals surface area contributed by atoms with E-state index in [4.69, 9.17) is 4.74 Å². The highest BCUT2D eigenvalue weighted by Crippen LogP contribution is 2.12. The summed E-state index contributed by atoms with van der Waals surface area (Å²) in [5, 5.41) is 9.27. The molecule has 2 atom stereocenters. The highest BCUT2D eigenvalue weighted by atomic mass is 16.5. The lowest BCUT2D eigenvalue weighted by Crippen LogP contribution is -2.12. The van der Waals surface area contributed by atoms with Crippen LogP contribution >= 0.6 is 0 Å². The van der Waals surface area contributed by atoms with Gasteiger partial charge in [-0.05, 0) is 39.5 Å². The fourth-order valence-corrected chi connectivity index (χ4v) is 1.13. The van der Waals surface area contributed by atoms with Gasteiger partial charge < -0.3 is 9.84 Å². The maximum Gasteiger partial charge on any atom is 0.333 e. The Morgan fingerprint density at radius 1 is 1.47 bits per heavy atom. The largest absolute Gasteiger partial charge is 0.463 e. The molecule has 0 aromatic carbocycles. The SMILES string of the molecule is CCOC(=O)C(C)=CCC[C@H](C)[C@@H](C)O. The number of ether oxygens (including phenoxy) is 1. The summed E-state index contributed by atoms with van der Waals surface area (Å²) in [6.45, 7) is 7.74. The molecule has 0 saturated heterocycles. The van der Waals surface area contributed by atoms with Gasteiger partial charge in [-0.15, -0.1) is 0 Å². The van der Waals surface area contributed by atoms with Crippen LogP contribution in [0.15, 0.2) is 11.6 Å². The number of esters is 1. The number of hydrogen-bond acceptors (Lipinski definition) is 3. The van der Waals surface area contributed by atoms with Gasteiger partial charge in [0.2, 0.25) is 0 Å². The van der Waals surface area contributed by atoms with Gasteiger partial charge in [0.15, 0.2) is 0 Å². The number of rotatable bonds is 6. The minimum atomic E-state index is -0.290. The van der Waals surface area contributed by atoms with Crippen molar-refractivity contribution in [2.45, 2.75) is 46.6 Å². The van der Waals surface area contributed by atoms with Crippen molar-refractivity contribution in [2.75, 3.05) is 6.61 Å². The zero-order valence-corrected chi connectivity index (χ0v) is 10.1. The van der Waals surface area contributed by atoms with E-state index in [0.29, 0.717) is 12.2 Å². The van der Waals surface area contributed by atoms with Crippen molar-refractivity contribution in [3.05, 3.63) is 11.6 Å². The van der Waals surface area contributed by atoms with E-state index < -0.39 is 0 Å². The van der Waals surface area contributed by atoms with Gasteiger partial charge >= 0.3 is 5.97 Å². The second-order valence-electron chi connectivity index (χ2n) is 3.90. The molecule has 88 valence electrons. The summed E-state index contributed by atoms with van der Waals surface area (Å²) in [6, 6.07) is 0. The van der Waals surface area contributed by atoms with Crippen LogP contribution in [0.3, 0.4) is 0 Å². The van der Waals surface area contributed by atoms with E-state index in [0.717, 1.165) is 12.8 Å². The summed E-state index contributed by atoms with van der Waals surface area (Å²) >= 11 is 0. The standard InChI is InChI=1S/C12H22O3/c1-5-15-12(14)10(3)8-6-7-9(2)11(4)13/h8-9,11,13H,5-7H2,1-4H3/t9-,11+/m0/s1. The fraction of sp³-hybridized carbons (Fsp3) is 0.750. The first kappa shape index (κ1) is 14.2. The van der Waals surface area contributed by atoms with E-state index in [1.165, 1.54) is 0 Å². The van der Waals surface area contributed by atoms with Gasteiger partial charge in [-0.25, -0.2) is 4.79 Å². The zero-order valence-electron chi connectivity index (χ0n) is 10.1. The highest BCUT2D eigenvalue weighted by molar-refractivity contribution is 5.87. The maximum atomic E-state index is 11.2. The Hall–Kier alpha value is -0.830. The summed E-state index contributed by atoms with van der Waals surface area (Å²) in [4.78, 5) is 11.2. The number of aliphatic hydroxyl groups excluding tert-OH is 1. The first-order chi connectivity index (χ1) is 6.99. The summed E-state index contributed by atoms with van der Waals surface area (Å²) < 4.78 is 4.85. The third-order valence-corrected chi connectivity index (χ3v) is 2.49. The Kier molecular flexibility index (Phi) is 7.05. The number of carbonyl (C=O) groups is 1. The van der Waals surface area contributed by atoms with Crippen LogP contribution in [0.25, 0.3) is 0 Å². The third-order valence-electron chi connectivity index (χ3n) is 2.49. The van der Waals surface area contributed by atoms with Gasteiger partial charge in [0.1, 0.15) is 0 Å². The summed E-state index contributed by atoms with van der Waals surface area (Å²) in [5.74, 6) is 0.0124. The molecular weight excluding hydrogens is 192 g/mol. The van der Waals surface area contributed by atoms with Gasteiger partial charge in [0, 0.05) is 5.57 Å². The van der Waals surface area contributed by atoms with E-state index in [9.17, 15) is 9.90 Å². The van der Waals surface area contributed by atoms with Crippen LogP contribution < -0.4 is 0 Å². The molecule has 0 aromatic heterocycles.